The predicted octanol–water partition coefficient (Wildman–Crippen LogP) is 3.85. The predicted molar refractivity (Wildman–Crippen MR) is 88.4 cm³/mol. The van der Waals surface area contributed by atoms with Crippen molar-refractivity contribution in [2.45, 2.75) is 63.9 Å². The van der Waals surface area contributed by atoms with E-state index in [-0.39, 0.29) is 11.1 Å². The maximum atomic E-state index is 6.24. The van der Waals surface area contributed by atoms with Crippen molar-refractivity contribution in [2.75, 3.05) is 13.2 Å². The third-order valence-electron chi connectivity index (χ3n) is 4.36. The van der Waals surface area contributed by atoms with Gasteiger partial charge in [-0.1, -0.05) is 33.4 Å². The van der Waals surface area contributed by atoms with E-state index < -0.39 is 8.32 Å². The summed E-state index contributed by atoms with van der Waals surface area (Å²) in [5, 5.41) is 3.62. The van der Waals surface area contributed by atoms with E-state index in [1.54, 1.807) is 0 Å². The largest absolute Gasteiger partial charge is 0.545 e. The Bertz CT molecular complexity index is 341. The van der Waals surface area contributed by atoms with Gasteiger partial charge in [0.1, 0.15) is 0 Å². The molecule has 3 nitrogen and oxygen atoms in total. The Hall–Kier alpha value is -0.583. The highest BCUT2D eigenvalue weighted by molar-refractivity contribution is 6.74. The fourth-order valence-corrected chi connectivity index (χ4v) is 3.03. The average molecular weight is 298 g/mol. The first-order valence-electron chi connectivity index (χ1n) is 7.53. The maximum absolute atomic E-state index is 6.24. The molecule has 1 saturated heterocycles. The summed E-state index contributed by atoms with van der Waals surface area (Å²) in [5.74, 6) is 0.782. The van der Waals surface area contributed by atoms with Crippen LogP contribution in [0.5, 0.6) is 0 Å². The zero-order valence-electron chi connectivity index (χ0n) is 13.8. The molecule has 1 rings (SSSR count). The van der Waals surface area contributed by atoms with Crippen molar-refractivity contribution < 1.29 is 9.16 Å². The fourth-order valence-electron chi connectivity index (χ4n) is 1.94. The molecule has 0 bridgehead atoms. The topological polar surface area (TPSA) is 30.5 Å². The molecule has 1 fully saturated rings. The monoisotopic (exact) mass is 297 g/mol. The van der Waals surface area contributed by atoms with Gasteiger partial charge in [-0.25, -0.2) is 0 Å². The van der Waals surface area contributed by atoms with Gasteiger partial charge in [0.15, 0.2) is 0 Å². The van der Waals surface area contributed by atoms with Gasteiger partial charge >= 0.3 is 0 Å². The molecule has 0 spiro atoms. The van der Waals surface area contributed by atoms with Crippen LogP contribution in [0.2, 0.25) is 18.1 Å². The van der Waals surface area contributed by atoms with Crippen molar-refractivity contribution in [1.82, 2.24) is 5.32 Å². The zero-order chi connectivity index (χ0) is 15.4. The second-order valence-corrected chi connectivity index (χ2v) is 11.8. The van der Waals surface area contributed by atoms with E-state index in [4.69, 9.17) is 9.16 Å². The van der Waals surface area contributed by atoms with Crippen LogP contribution < -0.4 is 5.32 Å². The summed E-state index contributed by atoms with van der Waals surface area (Å²) >= 11 is 0. The SMILES string of the molecule is C=C[C@H](NC[C@@H]1CCCO1)C(=C)O[Si](C)(C)C(C)(C)C. The normalized spacial score (nSPS) is 21.6. The highest BCUT2D eigenvalue weighted by atomic mass is 28.4. The summed E-state index contributed by atoms with van der Waals surface area (Å²) in [5.41, 5.74) is 0. The van der Waals surface area contributed by atoms with Crippen LogP contribution in [-0.4, -0.2) is 33.6 Å². The average Bonchev–Trinajstić information content (AvgIpc) is 2.80. The van der Waals surface area contributed by atoms with Crippen LogP contribution in [0.4, 0.5) is 0 Å². The molecule has 0 saturated carbocycles. The Morgan fingerprint density at radius 2 is 2.15 bits per heavy atom. The third-order valence-corrected chi connectivity index (χ3v) is 8.75. The van der Waals surface area contributed by atoms with Crippen LogP contribution in [0.25, 0.3) is 0 Å². The van der Waals surface area contributed by atoms with E-state index in [1.165, 1.54) is 0 Å². The first-order chi connectivity index (χ1) is 9.17. The van der Waals surface area contributed by atoms with Gasteiger partial charge in [0.2, 0.25) is 8.32 Å². The van der Waals surface area contributed by atoms with Gasteiger partial charge in [-0.05, 0) is 31.0 Å². The minimum absolute atomic E-state index is 0.00618. The molecule has 116 valence electrons. The molecule has 0 unspecified atom stereocenters. The minimum Gasteiger partial charge on any atom is -0.545 e. The minimum atomic E-state index is -1.83. The molecule has 4 heteroatoms. The quantitative estimate of drug-likeness (QED) is 0.440. The summed E-state index contributed by atoms with van der Waals surface area (Å²) in [6, 6.07) is -0.00618. The second kappa shape index (κ2) is 6.92. The molecule has 0 radical (unpaired) electrons. The van der Waals surface area contributed by atoms with E-state index in [9.17, 15) is 0 Å². The number of rotatable bonds is 7. The molecular formula is C16H31NO2Si. The van der Waals surface area contributed by atoms with Crippen molar-refractivity contribution in [3.05, 3.63) is 25.0 Å². The molecular weight excluding hydrogens is 266 g/mol. The highest BCUT2D eigenvalue weighted by Gasteiger charge is 2.39. The lowest BCUT2D eigenvalue weighted by Gasteiger charge is -2.38. The molecule has 0 aromatic heterocycles. The molecule has 0 aromatic carbocycles. The number of nitrogens with one attached hydrogen (secondary N) is 1. The van der Waals surface area contributed by atoms with Crippen molar-refractivity contribution in [1.29, 1.82) is 0 Å². The fraction of sp³-hybridized carbons (Fsp3) is 0.750. The summed E-state index contributed by atoms with van der Waals surface area (Å²) in [7, 11) is -1.83. The highest BCUT2D eigenvalue weighted by Crippen LogP contribution is 2.38. The molecule has 1 heterocycles. The summed E-state index contributed by atoms with van der Waals surface area (Å²) in [6.45, 7) is 20.9. The van der Waals surface area contributed by atoms with Gasteiger partial charge in [0, 0.05) is 13.2 Å². The summed E-state index contributed by atoms with van der Waals surface area (Å²) in [4.78, 5) is 0. The van der Waals surface area contributed by atoms with E-state index in [1.807, 2.05) is 6.08 Å². The van der Waals surface area contributed by atoms with E-state index >= 15 is 0 Å². The van der Waals surface area contributed by atoms with E-state index in [2.05, 4.69) is 52.3 Å². The Balaban J connectivity index is 2.51. The Labute approximate surface area is 125 Å². The van der Waals surface area contributed by atoms with Crippen LogP contribution in [0, 0.1) is 0 Å². The molecule has 0 aliphatic carbocycles. The Kier molecular flexibility index (Phi) is 6.04. The van der Waals surface area contributed by atoms with Gasteiger partial charge in [0.25, 0.3) is 0 Å². The number of ether oxygens (including phenoxy) is 1. The molecule has 1 N–H and O–H groups in total. The lowest BCUT2D eigenvalue weighted by Crippen LogP contribution is -2.44. The molecule has 20 heavy (non-hydrogen) atoms. The number of hydrogen-bond donors (Lipinski definition) is 1. The number of hydrogen-bond acceptors (Lipinski definition) is 3. The molecule has 1 aliphatic heterocycles. The standard InChI is InChI=1S/C16H31NO2Si/c1-8-15(17-12-14-10-9-11-18-14)13(2)19-20(6,7)16(3,4)5/h8,14-15,17H,1-2,9-12H2,3-7H3/t14-,15-/m0/s1. The van der Waals surface area contributed by atoms with Crippen LogP contribution >= 0.6 is 0 Å². The third kappa shape index (κ3) is 4.76. The van der Waals surface area contributed by atoms with Crippen molar-refractivity contribution in [3.63, 3.8) is 0 Å². The van der Waals surface area contributed by atoms with Crippen LogP contribution in [0.3, 0.4) is 0 Å². The van der Waals surface area contributed by atoms with Crippen LogP contribution in [0.15, 0.2) is 25.0 Å². The van der Waals surface area contributed by atoms with Crippen molar-refractivity contribution >= 4 is 8.32 Å². The smallest absolute Gasteiger partial charge is 0.250 e. The Morgan fingerprint density at radius 1 is 1.50 bits per heavy atom. The van der Waals surface area contributed by atoms with Gasteiger partial charge in [-0.15, -0.1) is 6.58 Å². The van der Waals surface area contributed by atoms with Gasteiger partial charge in [-0.3, -0.25) is 0 Å². The molecule has 2 atom stereocenters. The van der Waals surface area contributed by atoms with E-state index in [0.29, 0.717) is 6.10 Å². The lowest BCUT2D eigenvalue weighted by molar-refractivity contribution is 0.108. The second-order valence-electron chi connectivity index (χ2n) is 7.09. The lowest BCUT2D eigenvalue weighted by atomic mass is 10.2. The summed E-state index contributed by atoms with van der Waals surface area (Å²) in [6.07, 6.45) is 4.47. The van der Waals surface area contributed by atoms with Gasteiger partial charge < -0.3 is 14.5 Å². The first kappa shape index (κ1) is 17.5. The first-order valence-corrected chi connectivity index (χ1v) is 10.4. The maximum Gasteiger partial charge on any atom is 0.250 e. The zero-order valence-corrected chi connectivity index (χ0v) is 14.8. The van der Waals surface area contributed by atoms with Gasteiger partial charge in [0.05, 0.1) is 17.9 Å². The summed E-state index contributed by atoms with van der Waals surface area (Å²) < 4.78 is 11.9. The molecule has 0 aromatic rings. The van der Waals surface area contributed by atoms with Crippen LogP contribution in [0.1, 0.15) is 33.6 Å². The van der Waals surface area contributed by atoms with Gasteiger partial charge in [-0.2, -0.15) is 0 Å². The van der Waals surface area contributed by atoms with Crippen molar-refractivity contribution in [2.24, 2.45) is 0 Å². The Morgan fingerprint density at radius 3 is 2.60 bits per heavy atom. The van der Waals surface area contributed by atoms with Crippen LogP contribution in [-0.2, 0) is 9.16 Å². The van der Waals surface area contributed by atoms with Crippen molar-refractivity contribution in [3.8, 4) is 0 Å². The molecule has 1 aliphatic rings. The van der Waals surface area contributed by atoms with E-state index in [0.717, 1.165) is 31.8 Å². The molecule has 0 amide bonds.